The number of ether oxygens (including phenoxy) is 2. The number of methoxy groups -OCH3 is 2. The standard InChI is InChI=1S/C25H37NO5Si/c1-9-25-14-21(27)19(16-31-32(7,8)24(2,3)4)20(25)13-23(28)26(25)15-17-10-11-18(29-5)12-22(17)30-6/h1,10-12,19-21,27H,13-16H2,2-8H3. The van der Waals surface area contributed by atoms with Crippen molar-refractivity contribution >= 4 is 14.2 Å². The summed E-state index contributed by atoms with van der Waals surface area (Å²) >= 11 is 0. The number of benzene rings is 1. The topological polar surface area (TPSA) is 68.2 Å². The highest BCUT2D eigenvalue weighted by Crippen LogP contribution is 2.52. The second-order valence-electron chi connectivity index (χ2n) is 10.5. The number of rotatable bonds is 7. The van der Waals surface area contributed by atoms with Gasteiger partial charge in [-0.05, 0) is 30.3 Å². The summed E-state index contributed by atoms with van der Waals surface area (Å²) in [7, 11) is 1.21. The van der Waals surface area contributed by atoms with Crippen LogP contribution < -0.4 is 9.47 Å². The normalized spacial score (nSPS) is 27.9. The van der Waals surface area contributed by atoms with E-state index >= 15 is 0 Å². The van der Waals surface area contributed by atoms with Crippen molar-refractivity contribution in [2.24, 2.45) is 11.8 Å². The summed E-state index contributed by atoms with van der Waals surface area (Å²) in [5.41, 5.74) is 0.0375. The van der Waals surface area contributed by atoms with Gasteiger partial charge in [0.1, 0.15) is 17.0 Å². The fourth-order valence-electron chi connectivity index (χ4n) is 4.77. The fraction of sp³-hybridized carbons (Fsp3) is 0.640. The van der Waals surface area contributed by atoms with Gasteiger partial charge in [0.15, 0.2) is 8.32 Å². The first-order valence-corrected chi connectivity index (χ1v) is 14.1. The van der Waals surface area contributed by atoms with Gasteiger partial charge in [-0.3, -0.25) is 4.79 Å². The van der Waals surface area contributed by atoms with E-state index in [1.807, 2.05) is 12.1 Å². The number of hydrogen-bond acceptors (Lipinski definition) is 5. The Morgan fingerprint density at radius 1 is 1.28 bits per heavy atom. The highest BCUT2D eigenvalue weighted by molar-refractivity contribution is 6.74. The molecule has 2 aliphatic rings. The minimum atomic E-state index is -1.99. The fourth-order valence-corrected chi connectivity index (χ4v) is 5.81. The molecule has 4 atom stereocenters. The molecule has 0 aromatic heterocycles. The third-order valence-electron chi connectivity index (χ3n) is 7.84. The van der Waals surface area contributed by atoms with Crippen LogP contribution >= 0.6 is 0 Å². The van der Waals surface area contributed by atoms with E-state index in [1.54, 1.807) is 25.2 Å². The van der Waals surface area contributed by atoms with Crippen molar-refractivity contribution in [3.05, 3.63) is 23.8 Å². The molecule has 4 unspecified atom stereocenters. The summed E-state index contributed by atoms with van der Waals surface area (Å²) in [6, 6.07) is 5.54. The van der Waals surface area contributed by atoms with Gasteiger partial charge in [0.05, 0.1) is 26.9 Å². The summed E-state index contributed by atoms with van der Waals surface area (Å²) < 4.78 is 17.3. The number of amides is 1. The number of aliphatic hydroxyl groups is 1. The summed E-state index contributed by atoms with van der Waals surface area (Å²) in [5.74, 6) is 3.96. The van der Waals surface area contributed by atoms with Gasteiger partial charge in [0.2, 0.25) is 5.91 Å². The monoisotopic (exact) mass is 459 g/mol. The maximum atomic E-state index is 13.1. The maximum Gasteiger partial charge on any atom is 0.224 e. The van der Waals surface area contributed by atoms with Gasteiger partial charge >= 0.3 is 0 Å². The van der Waals surface area contributed by atoms with Crippen LogP contribution in [-0.2, 0) is 15.8 Å². The molecule has 0 radical (unpaired) electrons. The van der Waals surface area contributed by atoms with Gasteiger partial charge in [-0.1, -0.05) is 26.7 Å². The van der Waals surface area contributed by atoms with Gasteiger partial charge in [0.25, 0.3) is 0 Å². The third-order valence-corrected chi connectivity index (χ3v) is 12.3. The number of aliphatic hydroxyl groups excluding tert-OH is 1. The molecule has 1 aromatic carbocycles. The van der Waals surface area contributed by atoms with E-state index in [-0.39, 0.29) is 22.8 Å². The average Bonchev–Trinajstić information content (AvgIpc) is 3.15. The van der Waals surface area contributed by atoms with E-state index in [4.69, 9.17) is 20.3 Å². The Kier molecular flexibility index (Phi) is 6.72. The molecular weight excluding hydrogens is 422 g/mol. The average molecular weight is 460 g/mol. The molecule has 3 rings (SSSR count). The number of likely N-dealkylation sites (tertiary alicyclic amines) is 1. The molecular formula is C25H37NO5Si. The molecule has 0 spiro atoms. The van der Waals surface area contributed by atoms with Gasteiger partial charge in [-0.15, -0.1) is 6.42 Å². The lowest BCUT2D eigenvalue weighted by molar-refractivity contribution is -0.131. The lowest BCUT2D eigenvalue weighted by Crippen LogP contribution is -2.46. The first-order chi connectivity index (χ1) is 14.9. The van der Waals surface area contributed by atoms with Crippen LogP contribution in [0.2, 0.25) is 18.1 Å². The van der Waals surface area contributed by atoms with Gasteiger partial charge in [-0.2, -0.15) is 0 Å². The number of fused-ring (bicyclic) bond motifs is 1. The third kappa shape index (κ3) is 4.16. The summed E-state index contributed by atoms with van der Waals surface area (Å²) in [6.07, 6.45) is 6.16. The zero-order valence-electron chi connectivity index (χ0n) is 20.4. The molecule has 1 amide bonds. The zero-order valence-corrected chi connectivity index (χ0v) is 21.4. The van der Waals surface area contributed by atoms with E-state index in [2.05, 4.69) is 39.8 Å². The van der Waals surface area contributed by atoms with Crippen molar-refractivity contribution < 1.29 is 23.8 Å². The molecule has 2 fully saturated rings. The molecule has 1 N–H and O–H groups in total. The van der Waals surface area contributed by atoms with E-state index < -0.39 is 20.0 Å². The highest BCUT2D eigenvalue weighted by Gasteiger charge is 2.61. The molecule has 1 saturated carbocycles. The number of hydrogen-bond donors (Lipinski definition) is 1. The number of carbonyl (C=O) groups is 1. The van der Waals surface area contributed by atoms with Gasteiger partial charge in [0, 0.05) is 42.9 Å². The van der Waals surface area contributed by atoms with Crippen molar-refractivity contribution in [2.75, 3.05) is 20.8 Å². The van der Waals surface area contributed by atoms with Crippen LogP contribution in [0.5, 0.6) is 11.5 Å². The van der Waals surface area contributed by atoms with Gasteiger partial charge < -0.3 is 23.9 Å². The molecule has 32 heavy (non-hydrogen) atoms. The number of nitrogens with zero attached hydrogens (tertiary/aromatic N) is 1. The van der Waals surface area contributed by atoms with Crippen LogP contribution in [0, 0.1) is 24.2 Å². The van der Waals surface area contributed by atoms with Crippen molar-refractivity contribution in [1.82, 2.24) is 4.90 Å². The van der Waals surface area contributed by atoms with Crippen molar-refractivity contribution in [3.63, 3.8) is 0 Å². The quantitative estimate of drug-likeness (QED) is 0.496. The smallest absolute Gasteiger partial charge is 0.224 e. The molecule has 1 aromatic rings. The molecule has 1 aliphatic carbocycles. The second kappa shape index (κ2) is 8.73. The molecule has 1 heterocycles. The molecule has 1 saturated heterocycles. The lowest BCUT2D eigenvalue weighted by atomic mass is 9.84. The summed E-state index contributed by atoms with van der Waals surface area (Å²) in [6.45, 7) is 11.7. The predicted octanol–water partition coefficient (Wildman–Crippen LogP) is 3.83. The molecule has 1 aliphatic heterocycles. The summed E-state index contributed by atoms with van der Waals surface area (Å²) in [4.78, 5) is 14.9. The minimum absolute atomic E-state index is 0.00930. The SMILES string of the molecule is C#CC12CC(O)C(CO[Si](C)(C)C(C)(C)C)C1CC(=O)N2Cc1ccc(OC)cc1OC. The first kappa shape index (κ1) is 24.6. The van der Waals surface area contributed by atoms with E-state index in [9.17, 15) is 9.90 Å². The van der Waals surface area contributed by atoms with Crippen LogP contribution in [0.15, 0.2) is 18.2 Å². The van der Waals surface area contributed by atoms with Crippen LogP contribution in [0.3, 0.4) is 0 Å². The molecule has 7 heteroatoms. The Morgan fingerprint density at radius 3 is 2.53 bits per heavy atom. The van der Waals surface area contributed by atoms with Gasteiger partial charge in [-0.25, -0.2) is 0 Å². The zero-order chi connectivity index (χ0) is 23.9. The Labute approximate surface area is 193 Å². The molecule has 0 bridgehead atoms. The van der Waals surface area contributed by atoms with E-state index in [0.717, 1.165) is 5.56 Å². The lowest BCUT2D eigenvalue weighted by Gasteiger charge is -2.38. The first-order valence-electron chi connectivity index (χ1n) is 11.2. The minimum Gasteiger partial charge on any atom is -0.497 e. The molecule has 6 nitrogen and oxygen atoms in total. The van der Waals surface area contributed by atoms with Crippen LogP contribution in [0.1, 0.15) is 39.2 Å². The summed E-state index contributed by atoms with van der Waals surface area (Å²) in [5, 5.41) is 11.1. The predicted molar refractivity (Wildman–Crippen MR) is 127 cm³/mol. The molecule has 176 valence electrons. The van der Waals surface area contributed by atoms with Crippen LogP contribution in [0.25, 0.3) is 0 Å². The van der Waals surface area contributed by atoms with Crippen molar-refractivity contribution in [1.29, 1.82) is 0 Å². The Bertz CT molecular complexity index is 903. The second-order valence-corrected chi connectivity index (χ2v) is 15.4. The maximum absolute atomic E-state index is 13.1. The highest BCUT2D eigenvalue weighted by atomic mass is 28.4. The van der Waals surface area contributed by atoms with Crippen LogP contribution in [-0.4, -0.2) is 56.7 Å². The number of carbonyl (C=O) groups excluding carboxylic acids is 1. The number of terminal acetylenes is 1. The largest absolute Gasteiger partial charge is 0.497 e. The van der Waals surface area contributed by atoms with Crippen molar-refractivity contribution in [3.8, 4) is 23.8 Å². The van der Waals surface area contributed by atoms with E-state index in [1.165, 1.54) is 0 Å². The van der Waals surface area contributed by atoms with Crippen LogP contribution in [0.4, 0.5) is 0 Å². The Balaban J connectivity index is 1.86. The Hall–Kier alpha value is -2.01. The Morgan fingerprint density at radius 2 is 1.97 bits per heavy atom. The van der Waals surface area contributed by atoms with Crippen molar-refractivity contribution in [2.45, 2.75) is 69.9 Å². The van der Waals surface area contributed by atoms with E-state index in [0.29, 0.717) is 37.5 Å².